The smallest absolute Gasteiger partial charge is 0.000102 e. The summed E-state index contributed by atoms with van der Waals surface area (Å²) < 4.78 is 0. The fourth-order valence-corrected chi connectivity index (χ4v) is 2.69. The molecule has 13 heavy (non-hydrogen) atoms. The highest BCUT2D eigenvalue weighted by Gasteiger charge is 2.16. The molecule has 0 aromatic rings. The minimum Gasteiger partial charge on any atom is -0.309 e. The minimum absolute atomic E-state index is 0.887. The SMILES string of the molecule is C[C@@H](CC1CCCCC1)CN(C)C. The highest BCUT2D eigenvalue weighted by Crippen LogP contribution is 2.28. The number of hydrogen-bond donors (Lipinski definition) is 0. The van der Waals surface area contributed by atoms with Crippen LogP contribution in [-0.4, -0.2) is 25.5 Å². The lowest BCUT2D eigenvalue weighted by Gasteiger charge is -2.26. The van der Waals surface area contributed by atoms with Gasteiger partial charge in [0.25, 0.3) is 0 Å². The van der Waals surface area contributed by atoms with Gasteiger partial charge in [-0.15, -0.1) is 0 Å². The first-order chi connectivity index (χ1) is 6.18. The Balaban J connectivity index is 2.14. The largest absolute Gasteiger partial charge is 0.309 e. The third-order valence-corrected chi connectivity index (χ3v) is 3.14. The summed E-state index contributed by atoms with van der Waals surface area (Å²) >= 11 is 0. The Labute approximate surface area is 83.5 Å². The topological polar surface area (TPSA) is 3.24 Å². The molecule has 1 rings (SSSR count). The maximum atomic E-state index is 2.40. The van der Waals surface area contributed by atoms with Crippen LogP contribution in [0.2, 0.25) is 0 Å². The third kappa shape index (κ3) is 4.66. The van der Waals surface area contributed by atoms with Crippen LogP contribution in [0.15, 0.2) is 0 Å². The number of nitrogens with zero attached hydrogens (tertiary/aromatic N) is 1. The zero-order valence-corrected chi connectivity index (χ0v) is 9.55. The molecule has 0 N–H and O–H groups in total. The molecule has 0 heterocycles. The van der Waals surface area contributed by atoms with E-state index in [1.54, 1.807) is 0 Å². The minimum atomic E-state index is 0.887. The summed E-state index contributed by atoms with van der Waals surface area (Å²) in [6.07, 6.45) is 8.91. The van der Waals surface area contributed by atoms with E-state index >= 15 is 0 Å². The van der Waals surface area contributed by atoms with E-state index in [4.69, 9.17) is 0 Å². The molecule has 1 saturated carbocycles. The summed E-state index contributed by atoms with van der Waals surface area (Å²) in [5.41, 5.74) is 0. The molecule has 0 saturated heterocycles. The van der Waals surface area contributed by atoms with E-state index in [1.165, 1.54) is 45.1 Å². The second-order valence-corrected chi connectivity index (χ2v) is 5.11. The van der Waals surface area contributed by atoms with Crippen molar-refractivity contribution in [2.24, 2.45) is 11.8 Å². The highest BCUT2D eigenvalue weighted by atomic mass is 15.1. The van der Waals surface area contributed by atoms with Crippen LogP contribution < -0.4 is 0 Å². The summed E-state index contributed by atoms with van der Waals surface area (Å²) in [4.78, 5) is 2.31. The summed E-state index contributed by atoms with van der Waals surface area (Å²) in [5, 5.41) is 0. The van der Waals surface area contributed by atoms with Crippen molar-refractivity contribution in [2.75, 3.05) is 20.6 Å². The molecular weight excluding hydrogens is 158 g/mol. The van der Waals surface area contributed by atoms with Crippen molar-refractivity contribution < 1.29 is 0 Å². The average Bonchev–Trinajstić information content (AvgIpc) is 2.04. The molecule has 1 atom stereocenters. The van der Waals surface area contributed by atoms with E-state index in [0.717, 1.165) is 11.8 Å². The molecule has 1 nitrogen and oxygen atoms in total. The molecule has 78 valence electrons. The van der Waals surface area contributed by atoms with Crippen molar-refractivity contribution in [3.8, 4) is 0 Å². The summed E-state index contributed by atoms with van der Waals surface area (Å²) in [5.74, 6) is 1.93. The Hall–Kier alpha value is -0.0400. The molecule has 0 aromatic heterocycles. The second kappa shape index (κ2) is 5.64. The van der Waals surface area contributed by atoms with E-state index in [9.17, 15) is 0 Å². The van der Waals surface area contributed by atoms with Crippen LogP contribution in [0.25, 0.3) is 0 Å². The monoisotopic (exact) mass is 183 g/mol. The van der Waals surface area contributed by atoms with Crippen LogP contribution in [-0.2, 0) is 0 Å². The molecule has 1 heteroatoms. The molecule has 1 fully saturated rings. The maximum absolute atomic E-state index is 2.40. The molecular formula is C12H25N. The first-order valence-electron chi connectivity index (χ1n) is 5.83. The predicted octanol–water partition coefficient (Wildman–Crippen LogP) is 3.15. The van der Waals surface area contributed by atoms with E-state index in [-0.39, 0.29) is 0 Å². The molecule has 1 aliphatic rings. The van der Waals surface area contributed by atoms with Gasteiger partial charge in [-0.25, -0.2) is 0 Å². The Morgan fingerprint density at radius 3 is 2.31 bits per heavy atom. The van der Waals surface area contributed by atoms with Gasteiger partial charge in [0.2, 0.25) is 0 Å². The van der Waals surface area contributed by atoms with Crippen molar-refractivity contribution >= 4 is 0 Å². The molecule has 0 amide bonds. The summed E-state index contributed by atoms with van der Waals surface area (Å²) in [7, 11) is 4.36. The molecule has 0 spiro atoms. The zero-order valence-electron chi connectivity index (χ0n) is 9.55. The van der Waals surface area contributed by atoms with E-state index in [0.29, 0.717) is 0 Å². The molecule has 0 unspecified atom stereocenters. The normalized spacial score (nSPS) is 22.2. The molecule has 1 aliphatic carbocycles. The van der Waals surface area contributed by atoms with E-state index in [2.05, 4.69) is 25.9 Å². The first-order valence-corrected chi connectivity index (χ1v) is 5.83. The van der Waals surface area contributed by atoms with Crippen LogP contribution in [0, 0.1) is 11.8 Å². The van der Waals surface area contributed by atoms with Gasteiger partial charge >= 0.3 is 0 Å². The lowest BCUT2D eigenvalue weighted by Crippen LogP contribution is -2.22. The molecule has 0 aromatic carbocycles. The van der Waals surface area contributed by atoms with E-state index in [1.807, 2.05) is 0 Å². The quantitative estimate of drug-likeness (QED) is 0.647. The molecule has 0 bridgehead atoms. The molecule has 0 aliphatic heterocycles. The number of hydrogen-bond acceptors (Lipinski definition) is 1. The van der Waals surface area contributed by atoms with Gasteiger partial charge in [0, 0.05) is 6.54 Å². The Kier molecular flexibility index (Phi) is 4.79. The fraction of sp³-hybridized carbons (Fsp3) is 1.00. The maximum Gasteiger partial charge on any atom is 0.000102 e. The third-order valence-electron chi connectivity index (χ3n) is 3.14. The van der Waals surface area contributed by atoms with Crippen LogP contribution >= 0.6 is 0 Å². The van der Waals surface area contributed by atoms with Crippen molar-refractivity contribution in [3.05, 3.63) is 0 Å². The van der Waals surface area contributed by atoms with Crippen molar-refractivity contribution in [1.29, 1.82) is 0 Å². The lowest BCUT2D eigenvalue weighted by molar-refractivity contribution is 0.254. The Morgan fingerprint density at radius 2 is 1.77 bits per heavy atom. The van der Waals surface area contributed by atoms with Crippen molar-refractivity contribution in [1.82, 2.24) is 4.90 Å². The van der Waals surface area contributed by atoms with E-state index < -0.39 is 0 Å². The van der Waals surface area contributed by atoms with Crippen molar-refractivity contribution in [2.45, 2.75) is 45.4 Å². The van der Waals surface area contributed by atoms with Crippen LogP contribution in [0.4, 0.5) is 0 Å². The van der Waals surface area contributed by atoms with Crippen LogP contribution in [0.1, 0.15) is 45.4 Å². The van der Waals surface area contributed by atoms with Crippen molar-refractivity contribution in [3.63, 3.8) is 0 Å². The zero-order chi connectivity index (χ0) is 9.68. The fourth-order valence-electron chi connectivity index (χ4n) is 2.69. The van der Waals surface area contributed by atoms with Gasteiger partial charge in [0.1, 0.15) is 0 Å². The number of rotatable bonds is 4. The average molecular weight is 183 g/mol. The summed E-state index contributed by atoms with van der Waals surface area (Å²) in [6, 6.07) is 0. The van der Waals surface area contributed by atoms with Gasteiger partial charge in [-0.2, -0.15) is 0 Å². The standard InChI is InChI=1S/C12H25N/c1-11(10-13(2)3)9-12-7-5-4-6-8-12/h11-12H,4-10H2,1-3H3/t11-/m0/s1. The molecule has 0 radical (unpaired) electrons. The highest BCUT2D eigenvalue weighted by molar-refractivity contribution is 4.69. The lowest BCUT2D eigenvalue weighted by atomic mass is 9.83. The predicted molar refractivity (Wildman–Crippen MR) is 58.9 cm³/mol. The van der Waals surface area contributed by atoms with Gasteiger partial charge in [0.05, 0.1) is 0 Å². The van der Waals surface area contributed by atoms with Gasteiger partial charge < -0.3 is 4.90 Å². The van der Waals surface area contributed by atoms with Crippen LogP contribution in [0.3, 0.4) is 0 Å². The first kappa shape index (κ1) is 11.0. The van der Waals surface area contributed by atoms with Gasteiger partial charge in [-0.3, -0.25) is 0 Å². The van der Waals surface area contributed by atoms with Gasteiger partial charge in [-0.1, -0.05) is 39.0 Å². The van der Waals surface area contributed by atoms with Gasteiger partial charge in [0.15, 0.2) is 0 Å². The Morgan fingerprint density at radius 1 is 1.15 bits per heavy atom. The Bertz CT molecular complexity index is 125. The van der Waals surface area contributed by atoms with Gasteiger partial charge in [-0.05, 0) is 32.4 Å². The summed E-state index contributed by atoms with van der Waals surface area (Å²) in [6.45, 7) is 3.66. The second-order valence-electron chi connectivity index (χ2n) is 5.11. The van der Waals surface area contributed by atoms with Crippen LogP contribution in [0.5, 0.6) is 0 Å².